The number of hydrogen-bond acceptors (Lipinski definition) is 4. The first kappa shape index (κ1) is 11.9. The second kappa shape index (κ2) is 5.07. The lowest BCUT2D eigenvalue weighted by atomic mass is 9.96. The molecule has 0 bridgehead atoms. The van der Waals surface area contributed by atoms with Gasteiger partial charge in [0.25, 0.3) is 0 Å². The maximum Gasteiger partial charge on any atom is 0.114 e. The van der Waals surface area contributed by atoms with Crippen LogP contribution < -0.4 is 0 Å². The van der Waals surface area contributed by atoms with Crippen molar-refractivity contribution in [1.82, 2.24) is 0 Å². The van der Waals surface area contributed by atoms with Crippen LogP contribution in [-0.2, 0) is 18.9 Å². The summed E-state index contributed by atoms with van der Waals surface area (Å²) in [6.45, 7) is 3.98. The molecule has 0 spiro atoms. The molecule has 2 unspecified atom stereocenters. The van der Waals surface area contributed by atoms with Gasteiger partial charge in [-0.2, -0.15) is 0 Å². The first-order chi connectivity index (χ1) is 6.65. The van der Waals surface area contributed by atoms with Crippen LogP contribution in [0.5, 0.6) is 0 Å². The van der Waals surface area contributed by atoms with Gasteiger partial charge in [0.2, 0.25) is 0 Å². The van der Waals surface area contributed by atoms with Crippen LogP contribution in [0.1, 0.15) is 13.8 Å². The lowest BCUT2D eigenvalue weighted by Crippen LogP contribution is -2.57. The number of ether oxygens (including phenoxy) is 4. The smallest absolute Gasteiger partial charge is 0.114 e. The Morgan fingerprint density at radius 2 is 1.07 bits per heavy atom. The zero-order valence-corrected chi connectivity index (χ0v) is 9.52. The molecule has 1 aliphatic heterocycles. The van der Waals surface area contributed by atoms with E-state index >= 15 is 0 Å². The van der Waals surface area contributed by atoms with Crippen molar-refractivity contribution in [3.05, 3.63) is 0 Å². The summed E-state index contributed by atoms with van der Waals surface area (Å²) in [6, 6.07) is 0. The average molecular weight is 204 g/mol. The maximum atomic E-state index is 5.70. The molecule has 5 atom stereocenters. The van der Waals surface area contributed by atoms with E-state index in [1.165, 1.54) is 0 Å². The minimum absolute atomic E-state index is 0.0337. The minimum Gasteiger partial charge on any atom is -0.376 e. The molecule has 1 aliphatic rings. The third-order valence-electron chi connectivity index (χ3n) is 2.82. The summed E-state index contributed by atoms with van der Waals surface area (Å²) < 4.78 is 21.8. The van der Waals surface area contributed by atoms with Gasteiger partial charge in [-0.3, -0.25) is 0 Å². The highest BCUT2D eigenvalue weighted by atomic mass is 16.6. The molecule has 0 radical (unpaired) electrons. The van der Waals surface area contributed by atoms with Gasteiger partial charge in [0, 0.05) is 21.3 Å². The van der Waals surface area contributed by atoms with Crippen molar-refractivity contribution in [1.29, 1.82) is 0 Å². The first-order valence-electron chi connectivity index (χ1n) is 4.89. The van der Waals surface area contributed by atoms with Gasteiger partial charge in [-0.1, -0.05) is 0 Å². The molecule has 0 amide bonds. The van der Waals surface area contributed by atoms with E-state index in [4.69, 9.17) is 18.9 Å². The van der Waals surface area contributed by atoms with Crippen LogP contribution in [-0.4, -0.2) is 51.8 Å². The van der Waals surface area contributed by atoms with Crippen molar-refractivity contribution >= 4 is 0 Å². The van der Waals surface area contributed by atoms with Crippen molar-refractivity contribution in [2.75, 3.05) is 21.3 Å². The van der Waals surface area contributed by atoms with Crippen molar-refractivity contribution in [2.24, 2.45) is 0 Å². The summed E-state index contributed by atoms with van der Waals surface area (Å²) in [5, 5.41) is 0. The molecule has 84 valence electrons. The summed E-state index contributed by atoms with van der Waals surface area (Å²) in [6.07, 6.45) is -0.135. The van der Waals surface area contributed by atoms with Crippen LogP contribution >= 0.6 is 0 Å². The number of methoxy groups -OCH3 is 3. The molecular formula is C10H20O4. The molecule has 4 nitrogen and oxygen atoms in total. The van der Waals surface area contributed by atoms with Gasteiger partial charge < -0.3 is 18.9 Å². The van der Waals surface area contributed by atoms with Crippen molar-refractivity contribution < 1.29 is 18.9 Å². The maximum absolute atomic E-state index is 5.70. The molecule has 1 saturated heterocycles. The second-order valence-electron chi connectivity index (χ2n) is 3.65. The van der Waals surface area contributed by atoms with Crippen LogP contribution in [0.15, 0.2) is 0 Å². The number of rotatable bonds is 3. The van der Waals surface area contributed by atoms with Gasteiger partial charge in [0.15, 0.2) is 0 Å². The molecule has 0 N–H and O–H groups in total. The van der Waals surface area contributed by atoms with Crippen LogP contribution in [0, 0.1) is 0 Å². The Balaban J connectivity index is 2.76. The minimum atomic E-state index is -0.0684. The van der Waals surface area contributed by atoms with Gasteiger partial charge in [-0.15, -0.1) is 0 Å². The fourth-order valence-corrected chi connectivity index (χ4v) is 2.13. The monoisotopic (exact) mass is 204 g/mol. The molecule has 1 heterocycles. The van der Waals surface area contributed by atoms with E-state index in [1.807, 2.05) is 13.8 Å². The molecule has 0 aromatic rings. The molecular weight excluding hydrogens is 184 g/mol. The Kier molecular flexibility index (Phi) is 4.31. The van der Waals surface area contributed by atoms with Crippen LogP contribution in [0.2, 0.25) is 0 Å². The zero-order chi connectivity index (χ0) is 10.7. The van der Waals surface area contributed by atoms with Gasteiger partial charge in [-0.05, 0) is 13.8 Å². The van der Waals surface area contributed by atoms with E-state index in [0.29, 0.717) is 0 Å². The summed E-state index contributed by atoms with van der Waals surface area (Å²) >= 11 is 0. The highest BCUT2D eigenvalue weighted by molar-refractivity contribution is 4.91. The van der Waals surface area contributed by atoms with Crippen molar-refractivity contribution in [3.63, 3.8) is 0 Å². The van der Waals surface area contributed by atoms with E-state index in [1.54, 1.807) is 21.3 Å². The average Bonchev–Trinajstić information content (AvgIpc) is 2.16. The lowest BCUT2D eigenvalue weighted by Gasteiger charge is -2.42. The molecule has 0 aromatic carbocycles. The highest BCUT2D eigenvalue weighted by Crippen LogP contribution is 2.26. The molecule has 0 saturated carbocycles. The lowest BCUT2D eigenvalue weighted by molar-refractivity contribution is -0.233. The quantitative estimate of drug-likeness (QED) is 0.682. The van der Waals surface area contributed by atoms with Crippen molar-refractivity contribution in [2.45, 2.75) is 44.4 Å². The molecule has 0 aromatic heterocycles. The Morgan fingerprint density at radius 3 is 1.36 bits per heavy atom. The third-order valence-corrected chi connectivity index (χ3v) is 2.82. The van der Waals surface area contributed by atoms with Crippen LogP contribution in [0.3, 0.4) is 0 Å². The molecule has 1 fully saturated rings. The predicted molar refractivity (Wildman–Crippen MR) is 52.4 cm³/mol. The van der Waals surface area contributed by atoms with E-state index in [-0.39, 0.29) is 30.5 Å². The highest BCUT2D eigenvalue weighted by Gasteiger charge is 2.43. The van der Waals surface area contributed by atoms with Gasteiger partial charge in [0.1, 0.15) is 18.3 Å². The second-order valence-corrected chi connectivity index (χ2v) is 3.65. The largest absolute Gasteiger partial charge is 0.376 e. The molecule has 1 rings (SSSR count). The van der Waals surface area contributed by atoms with E-state index in [0.717, 1.165) is 0 Å². The Morgan fingerprint density at radius 1 is 0.714 bits per heavy atom. The number of hydrogen-bond donors (Lipinski definition) is 0. The normalized spacial score (nSPS) is 43.9. The van der Waals surface area contributed by atoms with Crippen LogP contribution in [0.4, 0.5) is 0 Å². The standard InChI is InChI=1S/C10H20O4/c1-6-8(11-3)10(13-5)9(12-4)7(2)14-6/h6-10H,1-5H3/t6-,7?,8-,9+,10?/m1/s1. The first-order valence-corrected chi connectivity index (χ1v) is 4.89. The fourth-order valence-electron chi connectivity index (χ4n) is 2.13. The van der Waals surface area contributed by atoms with Crippen LogP contribution in [0.25, 0.3) is 0 Å². The van der Waals surface area contributed by atoms with E-state index in [2.05, 4.69) is 0 Å². The van der Waals surface area contributed by atoms with Gasteiger partial charge >= 0.3 is 0 Å². The SMILES string of the molecule is COC1[C@@H](OC)C(C)O[C@H](C)[C@H]1OC. The molecule has 4 heteroatoms. The molecule has 0 aliphatic carbocycles. The van der Waals surface area contributed by atoms with E-state index < -0.39 is 0 Å². The Labute approximate surface area is 85.5 Å². The van der Waals surface area contributed by atoms with E-state index in [9.17, 15) is 0 Å². The Bertz CT molecular complexity index is 158. The van der Waals surface area contributed by atoms with Gasteiger partial charge in [-0.25, -0.2) is 0 Å². The summed E-state index contributed by atoms with van der Waals surface area (Å²) in [4.78, 5) is 0. The molecule has 14 heavy (non-hydrogen) atoms. The topological polar surface area (TPSA) is 36.9 Å². The van der Waals surface area contributed by atoms with Gasteiger partial charge in [0.05, 0.1) is 12.2 Å². The van der Waals surface area contributed by atoms with Crippen molar-refractivity contribution in [3.8, 4) is 0 Å². The summed E-state index contributed by atoms with van der Waals surface area (Å²) in [5.74, 6) is 0. The third kappa shape index (κ3) is 2.08. The predicted octanol–water partition coefficient (Wildman–Crippen LogP) is 0.839. The Hall–Kier alpha value is -0.160. The fraction of sp³-hybridized carbons (Fsp3) is 1.00. The zero-order valence-electron chi connectivity index (χ0n) is 9.52. The summed E-state index contributed by atoms with van der Waals surface area (Å²) in [7, 11) is 5.01. The summed E-state index contributed by atoms with van der Waals surface area (Å²) in [5.41, 5.74) is 0.